The van der Waals surface area contributed by atoms with Crippen molar-refractivity contribution in [2.45, 2.75) is 225 Å². The third kappa shape index (κ3) is 15.4. The molecule has 1 aromatic carbocycles. The van der Waals surface area contributed by atoms with Gasteiger partial charge in [0.05, 0.1) is 37.1 Å². The maximum absolute atomic E-state index is 14.4. The maximum atomic E-state index is 14.4. The van der Waals surface area contributed by atoms with Gasteiger partial charge in [-0.1, -0.05) is 26.8 Å². The van der Waals surface area contributed by atoms with Crippen molar-refractivity contribution in [1.82, 2.24) is 15.5 Å². The number of likely N-dealkylation sites (N-methyl/N-ethyl adjacent to an activating group) is 1. The topological polar surface area (TPSA) is 256 Å². The highest BCUT2D eigenvalue weighted by atomic mass is 28.4. The third-order valence-electron chi connectivity index (χ3n) is 13.6. The molecule has 1 spiro atoms. The van der Waals surface area contributed by atoms with E-state index >= 15 is 0 Å². The van der Waals surface area contributed by atoms with Crippen LogP contribution in [0.3, 0.4) is 0 Å². The number of nitrogens with one attached hydrogen (secondary N) is 2. The van der Waals surface area contributed by atoms with Crippen LogP contribution in [0.2, 0.25) is 18.1 Å². The van der Waals surface area contributed by atoms with Crippen molar-refractivity contribution in [2.75, 3.05) is 26.7 Å². The zero-order chi connectivity index (χ0) is 58.1. The molecule has 2 bridgehead atoms. The molecule has 1 aromatic rings. The number of amides is 2. The van der Waals surface area contributed by atoms with Crippen molar-refractivity contribution in [1.29, 1.82) is 0 Å². The molecule has 5 rings (SSSR count). The van der Waals surface area contributed by atoms with E-state index < -0.39 is 127 Å². The largest absolute Gasteiger partial charge is 0.541 e. The van der Waals surface area contributed by atoms with E-state index in [1.165, 1.54) is 0 Å². The Balaban J connectivity index is 1.42. The SMILES string of the molecule is CN1CC[C@]23c4c5ccc(O[Si](C)(C)C(C)(C)C)c4O[C@H]2C(OC(=O)CCNC(=O)[C@H](CC(=O)OC(C)(C)C)OC(=O)OC(C)(C)C)=CC[C@@]3(OC(=O)CCNC(=O)[C@H](CC(=O)OC(C)(C)C)OC(=O)OC(C)(C)C)[C@H]1C5. The summed E-state index contributed by atoms with van der Waals surface area (Å²) < 4.78 is 58.7. The average Bonchev–Trinajstić information content (AvgIpc) is 3.59. The second-order valence-electron chi connectivity index (χ2n) is 25.7. The lowest BCUT2D eigenvalue weighted by Gasteiger charge is -2.62. The Hall–Kier alpha value is -5.90. The van der Waals surface area contributed by atoms with Crippen LogP contribution in [0.4, 0.5) is 9.59 Å². The van der Waals surface area contributed by atoms with Crippen LogP contribution in [-0.2, 0) is 78.5 Å². The number of carbonyl (C=O) groups excluding carboxylic acids is 8. The van der Waals surface area contributed by atoms with E-state index in [1.807, 2.05) is 19.2 Å². The molecule has 1 saturated heterocycles. The summed E-state index contributed by atoms with van der Waals surface area (Å²) in [6.45, 7) is 30.2. The number of piperidine rings is 1. The van der Waals surface area contributed by atoms with Crippen molar-refractivity contribution in [3.63, 3.8) is 0 Å². The minimum Gasteiger partial charge on any atom is -0.541 e. The quantitative estimate of drug-likeness (QED) is 0.0816. The predicted molar refractivity (Wildman–Crippen MR) is 281 cm³/mol. The smallest absolute Gasteiger partial charge is 0.509 e. The van der Waals surface area contributed by atoms with Gasteiger partial charge in [-0.25, -0.2) is 9.59 Å². The molecule has 21 nitrogen and oxygen atoms in total. The number of likely N-dealkylation sites (tertiary alicyclic amines) is 1. The molecular formula is C55H83N3O18Si. The highest BCUT2D eigenvalue weighted by molar-refractivity contribution is 6.74. The lowest BCUT2D eigenvalue weighted by molar-refractivity contribution is -0.206. The summed E-state index contributed by atoms with van der Waals surface area (Å²) in [4.78, 5) is 108. The van der Waals surface area contributed by atoms with Crippen LogP contribution in [0.5, 0.6) is 11.5 Å². The highest BCUT2D eigenvalue weighted by Crippen LogP contribution is 2.67. The summed E-state index contributed by atoms with van der Waals surface area (Å²) in [6, 6.07) is 3.53. The summed E-state index contributed by atoms with van der Waals surface area (Å²) in [5.41, 5.74) is -4.38. The van der Waals surface area contributed by atoms with E-state index in [4.69, 9.17) is 47.1 Å². The third-order valence-corrected chi connectivity index (χ3v) is 18.0. The first-order chi connectivity index (χ1) is 35.2. The molecule has 6 atom stereocenters. The Morgan fingerprint density at radius 2 is 1.17 bits per heavy atom. The van der Waals surface area contributed by atoms with Gasteiger partial charge in [0.1, 0.15) is 39.5 Å². The molecule has 2 heterocycles. The van der Waals surface area contributed by atoms with Crippen LogP contribution in [0.15, 0.2) is 24.0 Å². The van der Waals surface area contributed by atoms with Crippen molar-refractivity contribution in [2.24, 2.45) is 0 Å². The zero-order valence-corrected chi connectivity index (χ0v) is 49.4. The minimum atomic E-state index is -2.49. The van der Waals surface area contributed by atoms with Gasteiger partial charge in [0, 0.05) is 25.1 Å². The molecule has 0 radical (unpaired) electrons. The van der Waals surface area contributed by atoms with Gasteiger partial charge in [-0.05, 0) is 145 Å². The van der Waals surface area contributed by atoms with Gasteiger partial charge in [0.2, 0.25) is 0 Å². The summed E-state index contributed by atoms with van der Waals surface area (Å²) in [6.07, 6.45) is -5.94. The van der Waals surface area contributed by atoms with Crippen LogP contribution in [0, 0.1) is 0 Å². The van der Waals surface area contributed by atoms with Gasteiger partial charge >= 0.3 is 36.2 Å². The molecule has 22 heteroatoms. The number of esters is 4. The second-order valence-corrected chi connectivity index (χ2v) is 30.4. The summed E-state index contributed by atoms with van der Waals surface area (Å²) in [5, 5.41) is 4.97. The standard InChI is InChI=1S/C55H83N3O18Si/c1-49(2,3)71-40(61)30-35(68-47(65)74-51(7,8)9)45(63)56-26-22-38(59)67-34-21-24-55(73-39(60)23-27-57-46(64)36(31-41(62)72-50(4,5)6)69-48(66)75-52(10,11)12)37-29-32-19-20-33(76-77(17,18)53(13,14)15)43-42(32)54(55,44(34)70-43)25-28-58(37)16/h19-21,35-37,44H,22-31H2,1-18H3,(H,56,63)(H,57,64)/t35-,36-,37+,44-,54-,55+/m0/s1. The van der Waals surface area contributed by atoms with Gasteiger partial charge in [0.15, 0.2) is 24.1 Å². The summed E-state index contributed by atoms with van der Waals surface area (Å²) >= 11 is 0. The van der Waals surface area contributed by atoms with Gasteiger partial charge in [-0.15, -0.1) is 0 Å². The normalized spacial score (nSPS) is 21.8. The lowest BCUT2D eigenvalue weighted by Crippen LogP contribution is -2.75. The van der Waals surface area contributed by atoms with Gasteiger partial charge < -0.3 is 57.7 Å². The van der Waals surface area contributed by atoms with Crippen molar-refractivity contribution < 1.29 is 85.4 Å². The molecule has 0 unspecified atom stereocenters. The first-order valence-electron chi connectivity index (χ1n) is 26.3. The molecule has 1 fully saturated rings. The molecule has 2 aliphatic heterocycles. The van der Waals surface area contributed by atoms with Crippen LogP contribution in [0.1, 0.15) is 154 Å². The molecule has 430 valence electrons. The number of nitrogens with zero attached hydrogens (tertiary/aromatic N) is 1. The summed E-state index contributed by atoms with van der Waals surface area (Å²) in [7, 11) is -0.538. The summed E-state index contributed by atoms with van der Waals surface area (Å²) in [5.74, 6) is -3.61. The van der Waals surface area contributed by atoms with Crippen molar-refractivity contribution >= 4 is 56.3 Å². The fourth-order valence-corrected chi connectivity index (χ4v) is 10.6. The Labute approximate surface area is 453 Å². The molecule has 2 aliphatic carbocycles. The van der Waals surface area contributed by atoms with E-state index in [2.05, 4.69) is 49.4 Å². The molecule has 2 amide bonds. The molecule has 0 saturated carbocycles. The van der Waals surface area contributed by atoms with E-state index in [-0.39, 0.29) is 43.1 Å². The Bertz CT molecular complexity index is 2410. The van der Waals surface area contributed by atoms with Crippen LogP contribution >= 0.6 is 0 Å². The average molecular weight is 1100 g/mol. The minimum absolute atomic E-state index is 0.0849. The first-order valence-corrected chi connectivity index (χ1v) is 29.2. The Morgan fingerprint density at radius 3 is 1.64 bits per heavy atom. The Morgan fingerprint density at radius 1 is 0.688 bits per heavy atom. The molecule has 4 aliphatic rings. The number of rotatable bonds is 18. The molecular weight excluding hydrogens is 1020 g/mol. The fraction of sp³-hybridized carbons (Fsp3) is 0.709. The predicted octanol–water partition coefficient (Wildman–Crippen LogP) is 7.56. The van der Waals surface area contributed by atoms with Gasteiger partial charge in [-0.2, -0.15) is 0 Å². The number of hydrogen-bond donors (Lipinski definition) is 2. The number of ether oxygens (including phenoxy) is 9. The number of benzene rings is 1. The fourth-order valence-electron chi connectivity index (χ4n) is 9.57. The van der Waals surface area contributed by atoms with Crippen LogP contribution in [-0.4, -0.2) is 140 Å². The van der Waals surface area contributed by atoms with Crippen molar-refractivity contribution in [3.05, 3.63) is 35.1 Å². The van der Waals surface area contributed by atoms with Gasteiger partial charge in [0.25, 0.3) is 20.1 Å². The van der Waals surface area contributed by atoms with Crippen LogP contribution < -0.4 is 19.8 Å². The monoisotopic (exact) mass is 1100 g/mol. The van der Waals surface area contributed by atoms with Gasteiger partial charge in [-0.3, -0.25) is 33.7 Å². The van der Waals surface area contributed by atoms with E-state index in [9.17, 15) is 38.4 Å². The molecule has 77 heavy (non-hydrogen) atoms. The first kappa shape index (κ1) is 61.9. The van der Waals surface area contributed by atoms with E-state index in [0.717, 1.165) is 11.1 Å². The van der Waals surface area contributed by atoms with Crippen molar-refractivity contribution in [3.8, 4) is 11.5 Å². The molecule has 2 N–H and O–H groups in total. The van der Waals surface area contributed by atoms with E-state index in [0.29, 0.717) is 30.9 Å². The van der Waals surface area contributed by atoms with Crippen LogP contribution in [0.25, 0.3) is 0 Å². The Kier molecular flexibility index (Phi) is 18.4. The lowest BCUT2D eigenvalue weighted by atomic mass is 9.50. The number of hydrogen-bond acceptors (Lipinski definition) is 19. The highest BCUT2D eigenvalue weighted by Gasteiger charge is 2.74. The second kappa shape index (κ2) is 22.8. The van der Waals surface area contributed by atoms with E-state index in [1.54, 1.807) is 89.2 Å². The zero-order valence-electron chi connectivity index (χ0n) is 48.4. The maximum Gasteiger partial charge on any atom is 0.509 e. The molecule has 0 aromatic heterocycles. The number of carbonyl (C=O) groups is 8.